The first-order valence-corrected chi connectivity index (χ1v) is 9.51. The van der Waals surface area contributed by atoms with Crippen LogP contribution in [0.1, 0.15) is 31.5 Å². The van der Waals surface area contributed by atoms with E-state index in [1.165, 1.54) is 21.9 Å². The predicted molar refractivity (Wildman–Crippen MR) is 102 cm³/mol. The number of carbonyl (C=O) groups is 1. The number of para-hydroxylation sites is 1. The maximum absolute atomic E-state index is 12.2. The highest BCUT2D eigenvalue weighted by Crippen LogP contribution is 2.16. The predicted octanol–water partition coefficient (Wildman–Crippen LogP) is 2.86. The van der Waals surface area contributed by atoms with Crippen molar-refractivity contribution in [1.82, 2.24) is 14.6 Å². The number of esters is 1. The second-order valence-electron chi connectivity index (χ2n) is 6.55. The van der Waals surface area contributed by atoms with Gasteiger partial charge < -0.3 is 9.47 Å². The Balaban J connectivity index is 1.65. The van der Waals surface area contributed by atoms with Crippen molar-refractivity contribution in [3.05, 3.63) is 57.5 Å². The standard InChI is InChI=1S/C19H21N3O4S/c1-12(2)9-16-21-22-17(23)10-14(20-19(22)27-16)11-25-18(24)13(3)26-15-7-5-4-6-8-15/h4-8,10,12-13H,9,11H2,1-3H3/t13-/m0/s1. The minimum absolute atomic E-state index is 0.0928. The highest BCUT2D eigenvalue weighted by molar-refractivity contribution is 7.16. The monoisotopic (exact) mass is 387 g/mol. The van der Waals surface area contributed by atoms with Crippen molar-refractivity contribution in [2.45, 2.75) is 39.9 Å². The van der Waals surface area contributed by atoms with Gasteiger partial charge in [-0.25, -0.2) is 9.78 Å². The minimum Gasteiger partial charge on any atom is -0.479 e. The number of nitrogens with zero attached hydrogens (tertiary/aromatic N) is 3. The lowest BCUT2D eigenvalue weighted by molar-refractivity contribution is -0.152. The number of hydrogen-bond acceptors (Lipinski definition) is 7. The van der Waals surface area contributed by atoms with Gasteiger partial charge in [-0.05, 0) is 25.0 Å². The summed E-state index contributed by atoms with van der Waals surface area (Å²) < 4.78 is 12.1. The zero-order valence-electron chi connectivity index (χ0n) is 15.4. The Kier molecular flexibility index (Phi) is 5.85. The third-order valence-corrected chi connectivity index (χ3v) is 4.60. The molecule has 3 rings (SSSR count). The zero-order chi connectivity index (χ0) is 19.4. The molecule has 0 aliphatic rings. The molecule has 0 saturated carbocycles. The van der Waals surface area contributed by atoms with Crippen LogP contribution in [-0.2, 0) is 22.6 Å². The van der Waals surface area contributed by atoms with Gasteiger partial charge in [0.05, 0.1) is 5.69 Å². The van der Waals surface area contributed by atoms with Gasteiger partial charge in [-0.1, -0.05) is 43.4 Å². The molecule has 0 saturated heterocycles. The summed E-state index contributed by atoms with van der Waals surface area (Å²) in [6, 6.07) is 10.4. The van der Waals surface area contributed by atoms with Crippen molar-refractivity contribution < 1.29 is 14.3 Å². The molecule has 0 N–H and O–H groups in total. The molecule has 0 bridgehead atoms. The zero-order valence-corrected chi connectivity index (χ0v) is 16.2. The lowest BCUT2D eigenvalue weighted by Crippen LogP contribution is -2.26. The van der Waals surface area contributed by atoms with Crippen LogP contribution in [0, 0.1) is 5.92 Å². The molecule has 1 aromatic carbocycles. The summed E-state index contributed by atoms with van der Waals surface area (Å²) in [5, 5.41) is 5.15. The van der Waals surface area contributed by atoms with Gasteiger partial charge in [-0.15, -0.1) is 0 Å². The molecule has 0 aliphatic heterocycles. The van der Waals surface area contributed by atoms with Crippen molar-refractivity contribution in [2.24, 2.45) is 5.92 Å². The number of ether oxygens (including phenoxy) is 2. The normalized spacial score (nSPS) is 12.3. The average molecular weight is 387 g/mol. The summed E-state index contributed by atoms with van der Waals surface area (Å²) in [6.45, 7) is 5.70. The molecule has 2 heterocycles. The summed E-state index contributed by atoms with van der Waals surface area (Å²) in [5.74, 6) is 0.500. The SMILES string of the molecule is CC(C)Cc1nn2c(=O)cc(COC(=O)[C@H](C)Oc3ccccc3)nc2s1. The molecule has 142 valence electrons. The van der Waals surface area contributed by atoms with Crippen LogP contribution in [0.25, 0.3) is 4.96 Å². The van der Waals surface area contributed by atoms with Crippen LogP contribution in [0.5, 0.6) is 5.75 Å². The first-order chi connectivity index (χ1) is 12.9. The maximum Gasteiger partial charge on any atom is 0.347 e. The Hall–Kier alpha value is -2.74. The molecule has 27 heavy (non-hydrogen) atoms. The fraction of sp³-hybridized carbons (Fsp3) is 0.368. The van der Waals surface area contributed by atoms with Gasteiger partial charge in [0.1, 0.15) is 17.4 Å². The minimum atomic E-state index is -0.765. The molecule has 0 unspecified atom stereocenters. The first-order valence-electron chi connectivity index (χ1n) is 8.69. The van der Waals surface area contributed by atoms with Gasteiger partial charge in [-0.3, -0.25) is 4.79 Å². The Morgan fingerprint density at radius 2 is 1.96 bits per heavy atom. The van der Waals surface area contributed by atoms with Crippen molar-refractivity contribution in [3.8, 4) is 5.75 Å². The molecule has 3 aromatic rings. The van der Waals surface area contributed by atoms with E-state index in [4.69, 9.17) is 9.47 Å². The summed E-state index contributed by atoms with van der Waals surface area (Å²) in [5.41, 5.74) is 0.103. The fourth-order valence-corrected chi connectivity index (χ4v) is 3.55. The summed E-state index contributed by atoms with van der Waals surface area (Å²) in [6.07, 6.45) is 0.0184. The molecule has 0 radical (unpaired) electrons. The Bertz CT molecular complexity index is 982. The van der Waals surface area contributed by atoms with Crippen molar-refractivity contribution >= 4 is 22.3 Å². The van der Waals surface area contributed by atoms with Gasteiger partial charge >= 0.3 is 5.97 Å². The summed E-state index contributed by atoms with van der Waals surface area (Å²) in [4.78, 5) is 29.2. The molecule has 0 spiro atoms. The Morgan fingerprint density at radius 1 is 1.22 bits per heavy atom. The lowest BCUT2D eigenvalue weighted by atomic mass is 10.1. The third-order valence-electron chi connectivity index (χ3n) is 3.67. The molecular formula is C19H21N3O4S. The molecule has 8 heteroatoms. The van der Waals surface area contributed by atoms with Crippen molar-refractivity contribution in [2.75, 3.05) is 0 Å². The number of benzene rings is 1. The van der Waals surface area contributed by atoms with Crippen LogP contribution in [-0.4, -0.2) is 26.7 Å². The van der Waals surface area contributed by atoms with Crippen LogP contribution in [0.3, 0.4) is 0 Å². The molecule has 0 aliphatic carbocycles. The van der Waals surface area contributed by atoms with E-state index < -0.39 is 12.1 Å². The average Bonchev–Trinajstić information content (AvgIpc) is 3.02. The second-order valence-corrected chi connectivity index (χ2v) is 7.60. The van der Waals surface area contributed by atoms with E-state index in [0.29, 0.717) is 22.3 Å². The smallest absolute Gasteiger partial charge is 0.347 e. The lowest BCUT2D eigenvalue weighted by Gasteiger charge is -2.13. The third kappa shape index (κ3) is 4.91. The quantitative estimate of drug-likeness (QED) is 0.580. The summed E-state index contributed by atoms with van der Waals surface area (Å²) in [7, 11) is 0. The van der Waals surface area contributed by atoms with Crippen LogP contribution in [0.4, 0.5) is 0 Å². The number of hydrogen-bond donors (Lipinski definition) is 0. The van der Waals surface area contributed by atoms with Gasteiger partial charge in [0.15, 0.2) is 6.10 Å². The fourth-order valence-electron chi connectivity index (χ4n) is 2.42. The van der Waals surface area contributed by atoms with E-state index in [0.717, 1.165) is 11.4 Å². The molecule has 2 aromatic heterocycles. The Morgan fingerprint density at radius 3 is 2.67 bits per heavy atom. The number of rotatable bonds is 7. The molecule has 7 nitrogen and oxygen atoms in total. The van der Waals surface area contributed by atoms with Crippen LogP contribution >= 0.6 is 11.3 Å². The second kappa shape index (κ2) is 8.30. The molecular weight excluding hydrogens is 366 g/mol. The first kappa shape index (κ1) is 19.0. The highest BCUT2D eigenvalue weighted by atomic mass is 32.1. The topological polar surface area (TPSA) is 82.8 Å². The molecule has 0 fully saturated rings. The number of carbonyl (C=O) groups excluding carboxylic acids is 1. The number of fused-ring (bicyclic) bond motifs is 1. The van der Waals surface area contributed by atoms with E-state index in [2.05, 4.69) is 23.9 Å². The van der Waals surface area contributed by atoms with Crippen molar-refractivity contribution in [1.29, 1.82) is 0 Å². The number of aromatic nitrogens is 3. The van der Waals surface area contributed by atoms with Crippen molar-refractivity contribution in [3.63, 3.8) is 0 Å². The highest BCUT2D eigenvalue weighted by Gasteiger charge is 2.17. The van der Waals surface area contributed by atoms with E-state index in [1.807, 2.05) is 18.2 Å². The largest absolute Gasteiger partial charge is 0.479 e. The Labute approximate surface area is 160 Å². The van der Waals surface area contributed by atoms with Gasteiger partial charge in [0.2, 0.25) is 4.96 Å². The molecule has 0 amide bonds. The van der Waals surface area contributed by atoms with Crippen LogP contribution in [0.2, 0.25) is 0 Å². The van der Waals surface area contributed by atoms with Gasteiger partial charge in [0.25, 0.3) is 5.56 Å². The van der Waals surface area contributed by atoms with Gasteiger partial charge in [0, 0.05) is 12.5 Å². The van der Waals surface area contributed by atoms with E-state index in [-0.39, 0.29) is 12.2 Å². The van der Waals surface area contributed by atoms with Gasteiger partial charge in [-0.2, -0.15) is 9.61 Å². The van der Waals surface area contributed by atoms with Crippen LogP contribution < -0.4 is 10.3 Å². The van der Waals surface area contributed by atoms with E-state index in [9.17, 15) is 9.59 Å². The maximum atomic E-state index is 12.2. The van der Waals surface area contributed by atoms with Crippen LogP contribution in [0.15, 0.2) is 41.2 Å². The van der Waals surface area contributed by atoms with E-state index >= 15 is 0 Å². The van der Waals surface area contributed by atoms with E-state index in [1.54, 1.807) is 19.1 Å². The summed E-state index contributed by atoms with van der Waals surface area (Å²) >= 11 is 1.37. The molecule has 1 atom stereocenters.